The topological polar surface area (TPSA) is 83.4 Å². The maximum absolute atomic E-state index is 9.81. The molecule has 6 nitrogen and oxygen atoms in total. The van der Waals surface area contributed by atoms with Crippen molar-refractivity contribution in [3.8, 4) is 17.7 Å². The first-order valence-corrected chi connectivity index (χ1v) is 7.74. The molecule has 7 heteroatoms. The number of guanidine groups is 1. The number of nitrogens with zero attached hydrogens (tertiary/aromatic N) is 3. The summed E-state index contributed by atoms with van der Waals surface area (Å²) in [5.41, 5.74) is 6.54. The fourth-order valence-electron chi connectivity index (χ4n) is 2.71. The van der Waals surface area contributed by atoms with Gasteiger partial charge in [-0.15, -0.1) is 0 Å². The van der Waals surface area contributed by atoms with E-state index in [9.17, 15) is 5.11 Å². The van der Waals surface area contributed by atoms with E-state index in [2.05, 4.69) is 26.8 Å². The Kier molecular flexibility index (Phi) is 4.70. The Labute approximate surface area is 139 Å². The van der Waals surface area contributed by atoms with Crippen LogP contribution in [0.5, 0.6) is 5.75 Å². The number of benzene rings is 1. The van der Waals surface area contributed by atoms with E-state index in [1.165, 1.54) is 0 Å². The highest BCUT2D eigenvalue weighted by Gasteiger charge is 2.28. The summed E-state index contributed by atoms with van der Waals surface area (Å²) in [5.74, 6) is 3.99. The molecule has 2 aliphatic rings. The smallest absolute Gasteiger partial charge is 0.230 e. The van der Waals surface area contributed by atoms with Gasteiger partial charge in [0.15, 0.2) is 0 Å². The van der Waals surface area contributed by atoms with Crippen molar-refractivity contribution in [3.63, 3.8) is 0 Å². The lowest BCUT2D eigenvalue weighted by atomic mass is 10.0. The average molecular weight is 333 g/mol. The Hall–Kier alpha value is -2.23. The number of hydrogen-bond acceptors (Lipinski definition) is 6. The minimum Gasteiger partial charge on any atom is -0.508 e. The molecular weight excluding hydrogens is 316 g/mol. The van der Waals surface area contributed by atoms with Crippen molar-refractivity contribution >= 4 is 23.4 Å². The van der Waals surface area contributed by atoms with E-state index in [0.29, 0.717) is 24.7 Å². The second kappa shape index (κ2) is 6.90. The minimum atomic E-state index is -0.163. The number of phenolic OH excluding ortho intramolecular Hbond substituents is 1. The van der Waals surface area contributed by atoms with E-state index >= 15 is 0 Å². The molecule has 0 radical (unpaired) electrons. The van der Waals surface area contributed by atoms with Gasteiger partial charge in [-0.3, -0.25) is 0 Å². The van der Waals surface area contributed by atoms with Gasteiger partial charge >= 0.3 is 0 Å². The maximum Gasteiger partial charge on any atom is 0.230 e. The lowest BCUT2D eigenvalue weighted by Crippen LogP contribution is -2.37. The Morgan fingerprint density at radius 1 is 1.43 bits per heavy atom. The van der Waals surface area contributed by atoms with E-state index < -0.39 is 0 Å². The zero-order valence-corrected chi connectivity index (χ0v) is 13.3. The number of aliphatic imine (C=N–C) groups is 2. The highest BCUT2D eigenvalue weighted by atomic mass is 35.5. The number of aromatic hydroxyl groups is 1. The third-order valence-electron chi connectivity index (χ3n) is 3.75. The van der Waals surface area contributed by atoms with E-state index in [4.69, 9.17) is 22.1 Å². The van der Waals surface area contributed by atoms with E-state index in [1.807, 2.05) is 0 Å². The van der Waals surface area contributed by atoms with Crippen molar-refractivity contribution in [1.82, 2.24) is 4.90 Å². The van der Waals surface area contributed by atoms with Crippen LogP contribution in [0.4, 0.5) is 0 Å². The van der Waals surface area contributed by atoms with Gasteiger partial charge in [0.2, 0.25) is 5.96 Å². The highest BCUT2D eigenvalue weighted by Crippen LogP contribution is 2.33. The van der Waals surface area contributed by atoms with Crippen LogP contribution in [0.2, 0.25) is 5.02 Å². The van der Waals surface area contributed by atoms with Gasteiger partial charge in [0.25, 0.3) is 0 Å². The molecule has 0 unspecified atom stereocenters. The van der Waals surface area contributed by atoms with Crippen LogP contribution < -0.4 is 5.73 Å². The molecule has 1 aromatic rings. The van der Waals surface area contributed by atoms with E-state index in [1.54, 1.807) is 18.2 Å². The zero-order chi connectivity index (χ0) is 16.2. The van der Waals surface area contributed by atoms with Gasteiger partial charge in [-0.05, 0) is 30.2 Å². The molecule has 1 atom stereocenters. The average Bonchev–Trinajstić information content (AvgIpc) is 2.89. The zero-order valence-electron chi connectivity index (χ0n) is 12.5. The summed E-state index contributed by atoms with van der Waals surface area (Å²) in [4.78, 5) is 10.3. The van der Waals surface area contributed by atoms with Gasteiger partial charge in [0.05, 0.1) is 19.1 Å². The Morgan fingerprint density at radius 3 is 3.17 bits per heavy atom. The lowest BCUT2D eigenvalue weighted by Gasteiger charge is -2.32. The van der Waals surface area contributed by atoms with E-state index in [0.717, 1.165) is 24.4 Å². The van der Waals surface area contributed by atoms with Crippen LogP contribution in [-0.4, -0.2) is 41.6 Å². The van der Waals surface area contributed by atoms with Crippen molar-refractivity contribution in [2.45, 2.75) is 18.9 Å². The number of nitrogens with two attached hydrogens (primary N) is 1. The summed E-state index contributed by atoms with van der Waals surface area (Å²) >= 11 is 6.34. The number of phenols is 1. The molecule has 3 rings (SSSR count). The normalized spacial score (nSPS) is 21.4. The van der Waals surface area contributed by atoms with Crippen molar-refractivity contribution < 1.29 is 9.84 Å². The predicted octanol–water partition coefficient (Wildman–Crippen LogP) is 1.89. The summed E-state index contributed by atoms with van der Waals surface area (Å²) in [6.45, 7) is 1.85. The molecule has 2 heterocycles. The van der Waals surface area contributed by atoms with Gasteiger partial charge in [0, 0.05) is 24.2 Å². The Morgan fingerprint density at radius 2 is 2.30 bits per heavy atom. The van der Waals surface area contributed by atoms with E-state index in [-0.39, 0.29) is 17.8 Å². The summed E-state index contributed by atoms with van der Waals surface area (Å²) in [5, 5.41) is 10.4. The molecule has 0 amide bonds. The first-order chi connectivity index (χ1) is 11.1. The summed E-state index contributed by atoms with van der Waals surface area (Å²) in [6, 6.07) is 7.37. The van der Waals surface area contributed by atoms with Crippen molar-refractivity contribution in [3.05, 3.63) is 28.8 Å². The second-order valence-electron chi connectivity index (χ2n) is 5.31. The fourth-order valence-corrected chi connectivity index (χ4v) is 2.95. The van der Waals surface area contributed by atoms with Crippen LogP contribution in [0.1, 0.15) is 24.4 Å². The summed E-state index contributed by atoms with van der Waals surface area (Å²) in [6.07, 6.45) is 1.31. The predicted molar refractivity (Wildman–Crippen MR) is 89.5 cm³/mol. The van der Waals surface area contributed by atoms with Crippen molar-refractivity contribution in [2.24, 2.45) is 15.7 Å². The number of hydrogen-bond donors (Lipinski definition) is 2. The van der Waals surface area contributed by atoms with Gasteiger partial charge in [-0.25, -0.2) is 0 Å². The van der Waals surface area contributed by atoms with Crippen molar-refractivity contribution in [2.75, 3.05) is 19.8 Å². The monoisotopic (exact) mass is 332 g/mol. The quantitative estimate of drug-likeness (QED) is 0.769. The maximum atomic E-state index is 9.81. The Bertz CT molecular complexity index is 721. The summed E-state index contributed by atoms with van der Waals surface area (Å²) in [7, 11) is 0. The number of amidine groups is 1. The molecule has 1 fully saturated rings. The van der Waals surface area contributed by atoms with Crippen LogP contribution in [0, 0.1) is 12.0 Å². The molecular formula is C16H17ClN4O2. The molecule has 120 valence electrons. The van der Waals surface area contributed by atoms with Gasteiger partial charge in [0.1, 0.15) is 11.6 Å². The first kappa shape index (κ1) is 15.7. The number of halogens is 1. The third kappa shape index (κ3) is 3.58. The lowest BCUT2D eigenvalue weighted by molar-refractivity contribution is 0.118. The molecule has 3 N–H and O–H groups in total. The molecule has 0 aromatic heterocycles. The van der Waals surface area contributed by atoms with Crippen LogP contribution in [-0.2, 0) is 4.74 Å². The molecule has 0 spiro atoms. The number of rotatable bonds is 1. The van der Waals surface area contributed by atoms with Crippen LogP contribution in [0.25, 0.3) is 0 Å². The third-order valence-corrected chi connectivity index (χ3v) is 4.09. The van der Waals surface area contributed by atoms with Crippen LogP contribution in [0.15, 0.2) is 28.2 Å². The Balaban J connectivity index is 2.00. The summed E-state index contributed by atoms with van der Waals surface area (Å²) < 4.78 is 5.70. The second-order valence-corrected chi connectivity index (χ2v) is 5.71. The van der Waals surface area contributed by atoms with Gasteiger partial charge in [-0.1, -0.05) is 17.5 Å². The molecule has 1 aromatic carbocycles. The molecule has 0 bridgehead atoms. The molecule has 23 heavy (non-hydrogen) atoms. The number of ether oxygens (including phenoxy) is 1. The van der Waals surface area contributed by atoms with Crippen molar-refractivity contribution in [1.29, 1.82) is 0 Å². The van der Waals surface area contributed by atoms with Crippen LogP contribution >= 0.6 is 11.6 Å². The molecule has 0 saturated carbocycles. The highest BCUT2D eigenvalue weighted by molar-refractivity contribution is 6.31. The minimum absolute atomic E-state index is 0.149. The molecule has 1 saturated heterocycles. The van der Waals surface area contributed by atoms with Crippen LogP contribution in [0.3, 0.4) is 0 Å². The largest absolute Gasteiger partial charge is 0.508 e. The first-order valence-electron chi connectivity index (χ1n) is 7.36. The standard InChI is InChI=1S/C16H17ClN4O2/c17-13-5-4-11(22)9-12(13)14-10-23-8-2-7-21(14)15-3-1-6-19-16(18)20-15/h4-5,9,14,22H,2-3,7-8,10H2,(H2,18,19)/t14-/m1/s1. The fraction of sp³-hybridized carbons (Fsp3) is 0.375. The molecule has 2 aliphatic heterocycles. The van der Waals surface area contributed by atoms with Gasteiger partial charge in [-0.2, -0.15) is 9.98 Å². The molecule has 0 aliphatic carbocycles. The SMILES string of the molecule is NC1=NC#CCC(N2CCCOC[C@@H]2c2cc(O)ccc2Cl)=N1. The van der Waals surface area contributed by atoms with Gasteiger partial charge < -0.3 is 20.5 Å².